The summed E-state index contributed by atoms with van der Waals surface area (Å²) in [5.74, 6) is -0.786. The van der Waals surface area contributed by atoms with E-state index in [1.807, 2.05) is 18.2 Å². The van der Waals surface area contributed by atoms with Gasteiger partial charge >= 0.3 is 10.1 Å². The van der Waals surface area contributed by atoms with Gasteiger partial charge in [0.25, 0.3) is 0 Å². The van der Waals surface area contributed by atoms with E-state index < -0.39 is 16.0 Å². The van der Waals surface area contributed by atoms with Gasteiger partial charge in [-0.25, -0.2) is 0 Å². The largest absolute Gasteiger partial charge is 0.379 e. The van der Waals surface area contributed by atoms with E-state index >= 15 is 0 Å². The van der Waals surface area contributed by atoms with Gasteiger partial charge in [0.1, 0.15) is 10.6 Å². The molecule has 0 fully saturated rings. The summed E-state index contributed by atoms with van der Waals surface area (Å²) in [4.78, 5) is 30.7. The smallest absolute Gasteiger partial charge is 0.339 e. The Hall–Kier alpha value is -3.20. The van der Waals surface area contributed by atoms with Crippen LogP contribution in [0.1, 0.15) is 70.4 Å². The first-order valence-corrected chi connectivity index (χ1v) is 17.6. The number of nitrogens with zero attached hydrogens (tertiary/aromatic N) is 1. The lowest BCUT2D eigenvalue weighted by atomic mass is 9.63. The lowest BCUT2D eigenvalue weighted by Crippen LogP contribution is -2.44. The Morgan fingerprint density at radius 2 is 1.38 bits per heavy atom. The van der Waals surface area contributed by atoms with E-state index in [-0.39, 0.29) is 33.0 Å². The molecular weight excluding hydrogens is 674 g/mol. The van der Waals surface area contributed by atoms with Crippen LogP contribution in [0.25, 0.3) is 0 Å². The van der Waals surface area contributed by atoms with Crippen LogP contribution in [-0.2, 0) is 26.3 Å². The van der Waals surface area contributed by atoms with Crippen molar-refractivity contribution >= 4 is 49.2 Å². The van der Waals surface area contributed by atoms with Gasteiger partial charge in [0, 0.05) is 62.9 Å². The van der Waals surface area contributed by atoms with Crippen LogP contribution in [0.5, 0.6) is 5.75 Å². The molecule has 6 rings (SSSR count). The number of benzene rings is 3. The van der Waals surface area contributed by atoms with E-state index in [4.69, 9.17) is 15.8 Å². The third-order valence-electron chi connectivity index (χ3n) is 8.79. The van der Waals surface area contributed by atoms with E-state index in [1.165, 1.54) is 24.3 Å². The van der Waals surface area contributed by atoms with Gasteiger partial charge in [-0.15, -0.1) is 0 Å². The van der Waals surface area contributed by atoms with Crippen molar-refractivity contribution in [3.63, 3.8) is 0 Å². The Morgan fingerprint density at radius 1 is 0.822 bits per heavy atom. The molecule has 3 aromatic rings. The molecule has 234 valence electrons. The van der Waals surface area contributed by atoms with E-state index in [0.717, 1.165) is 17.0 Å². The average Bonchev–Trinajstić information content (AvgIpc) is 2.94. The van der Waals surface area contributed by atoms with Crippen molar-refractivity contribution in [3.8, 4) is 5.75 Å². The fraction of sp³-hybridized carbons (Fsp3) is 0.333. The summed E-state index contributed by atoms with van der Waals surface area (Å²) in [6, 6.07) is 20.9. The van der Waals surface area contributed by atoms with Gasteiger partial charge in [-0.1, -0.05) is 85.6 Å². The maximum Gasteiger partial charge on any atom is 0.339 e. The van der Waals surface area contributed by atoms with Crippen molar-refractivity contribution in [3.05, 3.63) is 116 Å². The highest BCUT2D eigenvalue weighted by molar-refractivity contribution is 9.10. The van der Waals surface area contributed by atoms with Crippen LogP contribution in [0.4, 0.5) is 0 Å². The molecule has 0 saturated heterocycles. The highest BCUT2D eigenvalue weighted by atomic mass is 79.9. The second-order valence-corrected chi connectivity index (χ2v) is 16.7. The van der Waals surface area contributed by atoms with E-state index in [0.29, 0.717) is 58.4 Å². The minimum absolute atomic E-state index is 0.0417. The molecule has 0 atom stereocenters. The van der Waals surface area contributed by atoms with E-state index in [1.54, 1.807) is 18.2 Å². The summed E-state index contributed by atoms with van der Waals surface area (Å²) in [6.07, 6.45) is 1.90. The Bertz CT molecular complexity index is 1820. The summed E-state index contributed by atoms with van der Waals surface area (Å²) in [6.45, 7) is 8.89. The summed E-state index contributed by atoms with van der Waals surface area (Å²) >= 11 is 9.57. The normalized spacial score (nSPS) is 19.8. The molecule has 0 aromatic heterocycles. The molecule has 1 aliphatic heterocycles. The maximum absolute atomic E-state index is 14.3. The van der Waals surface area contributed by atoms with Crippen molar-refractivity contribution < 1.29 is 22.2 Å². The van der Waals surface area contributed by atoms with Crippen LogP contribution in [0.2, 0.25) is 5.02 Å². The Kier molecular flexibility index (Phi) is 8.15. The zero-order valence-corrected chi connectivity index (χ0v) is 28.9. The molecule has 0 radical (unpaired) electrons. The molecule has 3 aliphatic rings. The quantitative estimate of drug-likeness (QED) is 0.238. The molecule has 0 bridgehead atoms. The molecule has 0 unspecified atom stereocenters. The Balaban J connectivity index is 1.58. The van der Waals surface area contributed by atoms with Gasteiger partial charge in [-0.05, 0) is 71.7 Å². The number of carbonyl (C=O) groups excluding carboxylic acids is 2. The van der Waals surface area contributed by atoms with Crippen LogP contribution in [-0.4, -0.2) is 24.9 Å². The van der Waals surface area contributed by atoms with Gasteiger partial charge in [-0.3, -0.25) is 9.59 Å². The predicted octanol–water partition coefficient (Wildman–Crippen LogP) is 8.76. The standard InChI is InChI=1S/C36H35BrClNO5S/c1-35(2)17-27-33(29(40)19-35)32(26-16-23(37)10-15-31(26)44-45(42,43)25-13-11-24(38)12-14-25)34-28(18-36(3,4)20-30(34)41)39(27)21-22-8-6-5-7-9-22/h5-16,32H,17-21H2,1-4H3. The number of Topliss-reactive ketones (excluding diaryl/α,β-unsaturated/α-hetero) is 2. The van der Waals surface area contributed by atoms with Crippen LogP contribution in [0.15, 0.2) is 105 Å². The van der Waals surface area contributed by atoms with Crippen LogP contribution in [0, 0.1) is 10.8 Å². The molecule has 2 aliphatic carbocycles. The minimum atomic E-state index is -4.26. The average molecular weight is 709 g/mol. The lowest BCUT2D eigenvalue weighted by molar-refractivity contribution is -0.119. The van der Waals surface area contributed by atoms with Crippen LogP contribution < -0.4 is 4.18 Å². The summed E-state index contributed by atoms with van der Waals surface area (Å²) in [5.41, 5.74) is 3.81. The highest BCUT2D eigenvalue weighted by Crippen LogP contribution is 2.56. The molecule has 6 nitrogen and oxygen atoms in total. The second kappa shape index (κ2) is 11.6. The molecule has 3 aromatic carbocycles. The van der Waals surface area contributed by atoms with Crippen molar-refractivity contribution in [1.82, 2.24) is 4.90 Å². The first kappa shape index (κ1) is 31.8. The van der Waals surface area contributed by atoms with E-state index in [2.05, 4.69) is 60.7 Å². The van der Waals surface area contributed by atoms with Crippen molar-refractivity contribution in [2.24, 2.45) is 10.8 Å². The predicted molar refractivity (Wildman–Crippen MR) is 178 cm³/mol. The minimum Gasteiger partial charge on any atom is -0.379 e. The molecule has 9 heteroatoms. The number of rotatable bonds is 6. The zero-order chi connectivity index (χ0) is 32.3. The topological polar surface area (TPSA) is 80.8 Å². The van der Waals surface area contributed by atoms with E-state index in [9.17, 15) is 18.0 Å². The summed E-state index contributed by atoms with van der Waals surface area (Å²) in [5, 5.41) is 0.400. The number of carbonyl (C=O) groups is 2. The van der Waals surface area contributed by atoms with Crippen LogP contribution in [0.3, 0.4) is 0 Å². The zero-order valence-electron chi connectivity index (χ0n) is 25.7. The molecule has 45 heavy (non-hydrogen) atoms. The van der Waals surface area contributed by atoms with Crippen molar-refractivity contribution in [2.45, 2.75) is 70.7 Å². The number of hydrogen-bond acceptors (Lipinski definition) is 6. The lowest BCUT2D eigenvalue weighted by Gasteiger charge is -2.49. The van der Waals surface area contributed by atoms with Crippen molar-refractivity contribution in [2.75, 3.05) is 0 Å². The van der Waals surface area contributed by atoms with Gasteiger partial charge < -0.3 is 9.08 Å². The third-order valence-corrected chi connectivity index (χ3v) is 10.8. The van der Waals surface area contributed by atoms with Gasteiger partial charge in [-0.2, -0.15) is 8.42 Å². The first-order chi connectivity index (χ1) is 21.1. The highest BCUT2D eigenvalue weighted by Gasteiger charge is 2.49. The number of ketones is 2. The summed E-state index contributed by atoms with van der Waals surface area (Å²) < 4.78 is 33.5. The molecule has 0 amide bonds. The second-order valence-electron chi connectivity index (χ2n) is 13.8. The van der Waals surface area contributed by atoms with Gasteiger partial charge in [0.2, 0.25) is 0 Å². The van der Waals surface area contributed by atoms with Crippen molar-refractivity contribution in [1.29, 1.82) is 0 Å². The Labute approximate surface area is 278 Å². The Morgan fingerprint density at radius 3 is 1.93 bits per heavy atom. The SMILES string of the molecule is CC1(C)CC(=O)C2=C(C1)N(Cc1ccccc1)C1=C(C(=O)CC(C)(C)C1)C2c1cc(Br)ccc1OS(=O)(=O)c1ccc(Cl)cc1. The molecule has 1 heterocycles. The number of hydrogen-bond donors (Lipinski definition) is 0. The number of halogens is 2. The monoisotopic (exact) mass is 707 g/mol. The first-order valence-electron chi connectivity index (χ1n) is 15.0. The van der Waals surface area contributed by atoms with Crippen LogP contribution >= 0.6 is 27.5 Å². The van der Waals surface area contributed by atoms with Gasteiger partial charge in [0.05, 0.1) is 0 Å². The van der Waals surface area contributed by atoms with Gasteiger partial charge in [0.15, 0.2) is 11.6 Å². The third kappa shape index (κ3) is 6.29. The maximum atomic E-state index is 14.3. The fourth-order valence-corrected chi connectivity index (χ4v) is 8.36. The molecule has 0 N–H and O–H groups in total. The fourth-order valence-electron chi connectivity index (χ4n) is 6.90. The molecule has 0 spiro atoms. The number of allylic oxidation sites excluding steroid dienone is 4. The molecule has 0 saturated carbocycles. The summed E-state index contributed by atoms with van der Waals surface area (Å²) in [7, 11) is -4.26. The molecular formula is C36H35BrClNO5S.